The van der Waals surface area contributed by atoms with Crippen LogP contribution in [0, 0.1) is 0 Å². The van der Waals surface area contributed by atoms with E-state index in [1.165, 1.54) is 12.1 Å². The second-order valence-electron chi connectivity index (χ2n) is 6.08. The largest absolute Gasteiger partial charge is 0.416 e. The molecule has 0 atom stereocenters. The molecule has 0 saturated carbocycles. The van der Waals surface area contributed by atoms with Gasteiger partial charge in [-0.15, -0.1) is 0 Å². The van der Waals surface area contributed by atoms with E-state index in [1.807, 2.05) is 20.0 Å². The number of rotatable bonds is 10. The van der Waals surface area contributed by atoms with Crippen LogP contribution in [0.1, 0.15) is 64.0 Å². The van der Waals surface area contributed by atoms with Crippen LogP contribution in [-0.4, -0.2) is 22.9 Å². The maximum atomic E-state index is 13.1. The molecule has 0 unspecified atom stereocenters. The summed E-state index contributed by atoms with van der Waals surface area (Å²) in [5.41, 5.74) is 0.646. The number of nitrogens with zero attached hydrogens (tertiary/aromatic N) is 1. The maximum absolute atomic E-state index is 13.1. The summed E-state index contributed by atoms with van der Waals surface area (Å²) in [6.45, 7) is 7.77. The van der Waals surface area contributed by atoms with Crippen LogP contribution in [0.3, 0.4) is 0 Å². The van der Waals surface area contributed by atoms with E-state index >= 15 is 0 Å². The summed E-state index contributed by atoms with van der Waals surface area (Å²) in [5.74, 6) is 0. The summed E-state index contributed by atoms with van der Waals surface area (Å²) in [4.78, 5) is 2.80. The van der Waals surface area contributed by atoms with Gasteiger partial charge in [-0.25, -0.2) is 0 Å². The number of allylic oxidation sites excluding steroid dienone is 1. The molecule has 1 nitrogen and oxygen atoms in total. The van der Waals surface area contributed by atoms with Gasteiger partial charge in [0.1, 0.15) is 0 Å². The zero-order chi connectivity index (χ0) is 18.9. The first kappa shape index (κ1) is 21.7. The van der Waals surface area contributed by atoms with Crippen molar-refractivity contribution < 1.29 is 13.2 Å². The first-order valence-electron chi connectivity index (χ1n) is 9.00. The average molecular weight is 372 g/mol. The number of hydrogen-bond donors (Lipinski definition) is 0. The van der Waals surface area contributed by atoms with Crippen LogP contribution >= 0.6 is 12.2 Å². The van der Waals surface area contributed by atoms with Gasteiger partial charge in [0.15, 0.2) is 0 Å². The summed E-state index contributed by atoms with van der Waals surface area (Å²) in [7, 11) is 0. The lowest BCUT2D eigenvalue weighted by molar-refractivity contribution is -0.137. The molecule has 0 amide bonds. The smallest absolute Gasteiger partial charge is 0.377 e. The lowest BCUT2D eigenvalue weighted by atomic mass is 9.97. The fraction of sp³-hybridized carbons (Fsp3) is 0.550. The van der Waals surface area contributed by atoms with Gasteiger partial charge in [0.05, 0.1) is 5.56 Å². The molecule has 0 aliphatic heterocycles. The van der Waals surface area contributed by atoms with E-state index in [0.29, 0.717) is 5.56 Å². The highest BCUT2D eigenvalue weighted by Crippen LogP contribution is 2.32. The zero-order valence-corrected chi connectivity index (χ0v) is 16.1. The Bertz CT molecular complexity index is 575. The Labute approximate surface area is 154 Å². The molecule has 1 aromatic carbocycles. The maximum Gasteiger partial charge on any atom is 0.416 e. The van der Waals surface area contributed by atoms with Gasteiger partial charge in [0.2, 0.25) is 0 Å². The van der Waals surface area contributed by atoms with Gasteiger partial charge < -0.3 is 4.90 Å². The van der Waals surface area contributed by atoms with Gasteiger partial charge in [-0.1, -0.05) is 50.5 Å². The molecule has 0 aromatic heterocycles. The minimum atomic E-state index is -4.35. The van der Waals surface area contributed by atoms with Gasteiger partial charge in [0, 0.05) is 29.7 Å². The molecule has 0 heterocycles. The molecule has 1 aromatic rings. The second kappa shape index (κ2) is 10.6. The molecule has 0 spiro atoms. The van der Waals surface area contributed by atoms with Gasteiger partial charge in [-0.3, -0.25) is 0 Å². The van der Waals surface area contributed by atoms with Crippen LogP contribution in [-0.2, 0) is 6.18 Å². The van der Waals surface area contributed by atoms with Gasteiger partial charge >= 0.3 is 6.18 Å². The van der Waals surface area contributed by atoms with Crippen LogP contribution in [0.5, 0.6) is 0 Å². The number of unbranched alkanes of at least 4 members (excludes halogenated alkanes) is 3. The fourth-order valence-electron chi connectivity index (χ4n) is 2.61. The summed E-state index contributed by atoms with van der Waals surface area (Å²) in [6.07, 6.45) is 2.66. The Hall–Kier alpha value is -1.36. The van der Waals surface area contributed by atoms with E-state index in [9.17, 15) is 13.2 Å². The van der Waals surface area contributed by atoms with E-state index in [2.05, 4.69) is 11.8 Å². The molecular weight excluding hydrogens is 343 g/mol. The van der Waals surface area contributed by atoms with E-state index < -0.39 is 11.7 Å². The topological polar surface area (TPSA) is 3.24 Å². The van der Waals surface area contributed by atoms with Crippen LogP contribution < -0.4 is 0 Å². The van der Waals surface area contributed by atoms with Crippen molar-refractivity contribution in [2.24, 2.45) is 0 Å². The SMILES string of the molecule is CCCCCCC(=S)C(=CN(CC)CC)c1cccc(C(F)(F)F)c1. The Kier molecular flexibility index (Phi) is 9.19. The molecule has 0 aliphatic carbocycles. The van der Waals surface area contributed by atoms with Gasteiger partial charge in [-0.2, -0.15) is 13.2 Å². The quantitative estimate of drug-likeness (QED) is 0.255. The zero-order valence-electron chi connectivity index (χ0n) is 15.3. The third-order valence-electron chi connectivity index (χ3n) is 4.18. The van der Waals surface area contributed by atoms with E-state index in [4.69, 9.17) is 12.2 Å². The summed E-state index contributed by atoms with van der Waals surface area (Å²) < 4.78 is 39.2. The van der Waals surface area contributed by atoms with Crippen molar-refractivity contribution in [2.75, 3.05) is 13.1 Å². The molecular formula is C20H28F3NS. The molecule has 5 heteroatoms. The molecule has 0 saturated heterocycles. The molecule has 0 aliphatic rings. The third-order valence-corrected chi connectivity index (χ3v) is 4.61. The Balaban J connectivity index is 3.12. The standard InChI is InChI=1S/C20H28F3NS/c1-4-7-8-9-13-19(25)18(15-24(5-2)6-3)16-11-10-12-17(14-16)20(21,22)23/h10-12,14-15H,4-9,13H2,1-3H3. The first-order chi connectivity index (χ1) is 11.8. The van der Waals surface area contributed by atoms with Crippen molar-refractivity contribution in [3.05, 3.63) is 41.6 Å². The predicted octanol–water partition coefficient (Wildman–Crippen LogP) is 6.73. The predicted molar refractivity (Wildman–Crippen MR) is 104 cm³/mol. The molecule has 0 bridgehead atoms. The fourth-order valence-corrected chi connectivity index (χ4v) is 2.92. The van der Waals surface area contributed by atoms with Gasteiger partial charge in [-0.05, 0) is 44.4 Å². The van der Waals surface area contributed by atoms with E-state index in [-0.39, 0.29) is 0 Å². The summed E-state index contributed by atoms with van der Waals surface area (Å²) in [6, 6.07) is 5.47. The van der Waals surface area contributed by atoms with Crippen molar-refractivity contribution >= 4 is 22.7 Å². The Morgan fingerprint density at radius 1 is 1.08 bits per heavy atom. The van der Waals surface area contributed by atoms with Crippen molar-refractivity contribution in [1.82, 2.24) is 4.90 Å². The Morgan fingerprint density at radius 3 is 2.32 bits per heavy atom. The minimum absolute atomic E-state index is 0.544. The van der Waals surface area contributed by atoms with Crippen LogP contribution in [0.25, 0.3) is 5.57 Å². The Morgan fingerprint density at radius 2 is 1.76 bits per heavy atom. The molecule has 0 fully saturated rings. The molecule has 25 heavy (non-hydrogen) atoms. The van der Waals surface area contributed by atoms with Crippen LogP contribution in [0.4, 0.5) is 13.2 Å². The molecule has 140 valence electrons. The average Bonchev–Trinajstić information content (AvgIpc) is 2.59. The number of alkyl halides is 3. The highest BCUT2D eigenvalue weighted by Gasteiger charge is 2.30. The van der Waals surface area contributed by atoms with Crippen LogP contribution in [0.15, 0.2) is 30.5 Å². The van der Waals surface area contributed by atoms with Crippen LogP contribution in [0.2, 0.25) is 0 Å². The van der Waals surface area contributed by atoms with Gasteiger partial charge in [0.25, 0.3) is 0 Å². The normalized spacial score (nSPS) is 12.3. The number of benzene rings is 1. The molecule has 0 radical (unpaired) electrons. The van der Waals surface area contributed by atoms with E-state index in [1.54, 1.807) is 6.07 Å². The van der Waals surface area contributed by atoms with Crippen molar-refractivity contribution in [3.63, 3.8) is 0 Å². The number of hydrogen-bond acceptors (Lipinski definition) is 2. The second-order valence-corrected chi connectivity index (χ2v) is 6.57. The highest BCUT2D eigenvalue weighted by atomic mass is 32.1. The van der Waals surface area contributed by atoms with Crippen molar-refractivity contribution in [1.29, 1.82) is 0 Å². The first-order valence-corrected chi connectivity index (χ1v) is 9.40. The summed E-state index contributed by atoms with van der Waals surface area (Å²) in [5, 5.41) is 0. The van der Waals surface area contributed by atoms with E-state index in [0.717, 1.165) is 61.7 Å². The van der Waals surface area contributed by atoms with Crippen molar-refractivity contribution in [2.45, 2.75) is 59.1 Å². The molecule has 0 N–H and O–H groups in total. The third kappa shape index (κ3) is 7.18. The minimum Gasteiger partial charge on any atom is -0.377 e. The summed E-state index contributed by atoms with van der Waals surface area (Å²) >= 11 is 5.58. The van der Waals surface area contributed by atoms with Crippen molar-refractivity contribution in [3.8, 4) is 0 Å². The lowest BCUT2D eigenvalue weighted by Crippen LogP contribution is -2.18. The monoisotopic (exact) mass is 371 g/mol. The lowest BCUT2D eigenvalue weighted by Gasteiger charge is -2.20. The number of halogens is 3. The molecule has 1 rings (SSSR count). The number of thiocarbonyl (C=S) groups is 1. The highest BCUT2D eigenvalue weighted by molar-refractivity contribution is 7.81.